The van der Waals surface area contributed by atoms with Crippen molar-refractivity contribution in [2.45, 2.75) is 44.8 Å². The maximum absolute atomic E-state index is 11.5. The van der Waals surface area contributed by atoms with E-state index in [0.717, 1.165) is 38.3 Å². The van der Waals surface area contributed by atoms with Crippen LogP contribution in [-0.2, 0) is 20.9 Å². The van der Waals surface area contributed by atoms with E-state index in [1.54, 1.807) is 7.11 Å². The SMILES string of the molecule is COc1ccc(CN2CCNC(=O)CC2)cc1OCC(O)CN1CCCCCC1.O=CO.O=CO. The first-order chi connectivity index (χ1) is 17.0. The number of nitrogens with one attached hydrogen (secondary N) is 1. The minimum absolute atomic E-state index is 0.115. The fourth-order valence-corrected chi connectivity index (χ4v) is 4.02. The number of amides is 1. The minimum atomic E-state index is -0.524. The molecular formula is C24H39N3O8. The molecule has 2 aliphatic rings. The molecule has 1 aromatic carbocycles. The molecule has 2 heterocycles. The average molecular weight is 498 g/mol. The highest BCUT2D eigenvalue weighted by molar-refractivity contribution is 5.76. The van der Waals surface area contributed by atoms with E-state index in [4.69, 9.17) is 29.3 Å². The summed E-state index contributed by atoms with van der Waals surface area (Å²) in [4.78, 5) is 32.8. The van der Waals surface area contributed by atoms with E-state index in [1.807, 2.05) is 18.2 Å². The lowest BCUT2D eigenvalue weighted by molar-refractivity contribution is -0.123. The molecule has 1 amide bonds. The Bertz CT molecular complexity index is 735. The van der Waals surface area contributed by atoms with E-state index in [-0.39, 0.29) is 25.5 Å². The third-order valence-corrected chi connectivity index (χ3v) is 5.64. The maximum Gasteiger partial charge on any atom is 0.290 e. The van der Waals surface area contributed by atoms with Crippen molar-refractivity contribution in [3.8, 4) is 11.5 Å². The predicted molar refractivity (Wildman–Crippen MR) is 130 cm³/mol. The van der Waals surface area contributed by atoms with Gasteiger partial charge in [-0.25, -0.2) is 0 Å². The molecule has 3 rings (SSSR count). The molecule has 0 spiro atoms. The summed E-state index contributed by atoms with van der Waals surface area (Å²) in [6.07, 6.45) is 5.00. The van der Waals surface area contributed by atoms with Crippen LogP contribution in [0.1, 0.15) is 37.7 Å². The number of hydrogen-bond donors (Lipinski definition) is 4. The standard InChI is InChI=1S/C22H35N3O4.2CH2O2/c1-28-20-7-6-18(15-25-12-8-22(27)23-9-13-25)14-21(20)29-17-19(26)16-24-10-4-2-3-5-11-24;2*2-1-3/h6-7,14,19,26H,2-5,8-13,15-17H2,1H3,(H,23,27);2*1H,(H,2,3). The number of ether oxygens (including phenoxy) is 2. The van der Waals surface area contributed by atoms with Gasteiger partial charge in [-0.05, 0) is 43.6 Å². The molecule has 0 saturated carbocycles. The highest BCUT2D eigenvalue weighted by Gasteiger charge is 2.17. The summed E-state index contributed by atoms with van der Waals surface area (Å²) in [5.41, 5.74) is 1.11. The molecular weight excluding hydrogens is 458 g/mol. The van der Waals surface area contributed by atoms with Crippen LogP contribution in [0.3, 0.4) is 0 Å². The number of rotatable bonds is 8. The van der Waals surface area contributed by atoms with Crippen molar-refractivity contribution in [2.24, 2.45) is 0 Å². The van der Waals surface area contributed by atoms with E-state index < -0.39 is 6.10 Å². The number of carbonyl (C=O) groups excluding carboxylic acids is 1. The smallest absolute Gasteiger partial charge is 0.290 e. The van der Waals surface area contributed by atoms with Gasteiger partial charge in [0.25, 0.3) is 12.9 Å². The zero-order valence-corrected chi connectivity index (χ0v) is 20.4. The quantitative estimate of drug-likeness (QED) is 0.384. The van der Waals surface area contributed by atoms with Crippen LogP contribution in [0.25, 0.3) is 0 Å². The first-order valence-electron chi connectivity index (χ1n) is 11.8. The summed E-state index contributed by atoms with van der Waals surface area (Å²) in [5, 5.41) is 27.1. The number of hydrogen-bond acceptors (Lipinski definition) is 8. The van der Waals surface area contributed by atoms with Gasteiger partial charge in [-0.1, -0.05) is 18.9 Å². The van der Waals surface area contributed by atoms with Gasteiger partial charge in [0, 0.05) is 39.1 Å². The number of methoxy groups -OCH3 is 1. The number of carboxylic acid groups (broad SMARTS) is 2. The van der Waals surface area contributed by atoms with Gasteiger partial charge in [0.1, 0.15) is 12.7 Å². The summed E-state index contributed by atoms with van der Waals surface area (Å²) in [6, 6.07) is 5.92. The minimum Gasteiger partial charge on any atom is -0.493 e. The van der Waals surface area contributed by atoms with Crippen LogP contribution < -0.4 is 14.8 Å². The molecule has 2 saturated heterocycles. The van der Waals surface area contributed by atoms with Crippen molar-refractivity contribution >= 4 is 18.9 Å². The number of nitrogens with zero attached hydrogens (tertiary/aromatic N) is 2. The number of aliphatic hydroxyl groups excluding tert-OH is 1. The third kappa shape index (κ3) is 13.0. The molecule has 35 heavy (non-hydrogen) atoms. The van der Waals surface area contributed by atoms with Crippen molar-refractivity contribution in [3.63, 3.8) is 0 Å². The maximum atomic E-state index is 11.5. The van der Waals surface area contributed by atoms with Crippen LogP contribution in [0.15, 0.2) is 18.2 Å². The fourth-order valence-electron chi connectivity index (χ4n) is 4.02. The van der Waals surface area contributed by atoms with E-state index in [2.05, 4.69) is 15.1 Å². The Morgan fingerprint density at radius 3 is 2.29 bits per heavy atom. The van der Waals surface area contributed by atoms with Gasteiger partial charge < -0.3 is 35.0 Å². The topological polar surface area (TPSA) is 149 Å². The number of aliphatic hydroxyl groups is 1. The molecule has 4 N–H and O–H groups in total. The number of likely N-dealkylation sites (tertiary alicyclic amines) is 1. The number of carbonyl (C=O) groups is 3. The van der Waals surface area contributed by atoms with Gasteiger partial charge in [0.05, 0.1) is 7.11 Å². The Morgan fingerprint density at radius 1 is 1.00 bits per heavy atom. The molecule has 198 valence electrons. The molecule has 0 bridgehead atoms. The average Bonchev–Trinajstić information content (AvgIpc) is 3.21. The number of β-amino-alcohol motifs (C(OH)–C–C–N with tert-alkyl or cyclic N) is 1. The molecule has 11 heteroatoms. The summed E-state index contributed by atoms with van der Waals surface area (Å²) >= 11 is 0. The second-order valence-corrected chi connectivity index (χ2v) is 8.25. The van der Waals surface area contributed by atoms with Gasteiger partial charge in [0.15, 0.2) is 11.5 Å². The second-order valence-electron chi connectivity index (χ2n) is 8.25. The molecule has 1 atom stereocenters. The Balaban J connectivity index is 0.000000926. The van der Waals surface area contributed by atoms with Crippen molar-refractivity contribution in [1.29, 1.82) is 0 Å². The molecule has 2 aliphatic heterocycles. The molecule has 2 fully saturated rings. The fraction of sp³-hybridized carbons (Fsp3) is 0.625. The lowest BCUT2D eigenvalue weighted by Gasteiger charge is -2.24. The molecule has 1 unspecified atom stereocenters. The molecule has 0 radical (unpaired) electrons. The normalized spacial score (nSPS) is 17.6. The van der Waals surface area contributed by atoms with E-state index >= 15 is 0 Å². The molecule has 11 nitrogen and oxygen atoms in total. The van der Waals surface area contributed by atoms with Crippen LogP contribution in [0, 0.1) is 0 Å². The highest BCUT2D eigenvalue weighted by Crippen LogP contribution is 2.29. The summed E-state index contributed by atoms with van der Waals surface area (Å²) in [7, 11) is 1.63. The zero-order chi connectivity index (χ0) is 25.9. The Kier molecular flexibility index (Phi) is 15.9. The monoisotopic (exact) mass is 497 g/mol. The van der Waals surface area contributed by atoms with Gasteiger partial charge >= 0.3 is 0 Å². The van der Waals surface area contributed by atoms with Crippen molar-refractivity contribution in [2.75, 3.05) is 53.0 Å². The summed E-state index contributed by atoms with van der Waals surface area (Å²) in [6.45, 7) is 5.54. The van der Waals surface area contributed by atoms with Crippen LogP contribution in [-0.4, -0.2) is 103 Å². The second kappa shape index (κ2) is 18.4. The third-order valence-electron chi connectivity index (χ3n) is 5.64. The van der Waals surface area contributed by atoms with Crippen LogP contribution in [0.2, 0.25) is 0 Å². The van der Waals surface area contributed by atoms with Gasteiger partial charge in [-0.3, -0.25) is 19.3 Å². The Hall–Kier alpha value is -2.89. The van der Waals surface area contributed by atoms with Crippen molar-refractivity contribution in [3.05, 3.63) is 23.8 Å². The Labute approximate surface area is 206 Å². The zero-order valence-electron chi connectivity index (χ0n) is 20.4. The van der Waals surface area contributed by atoms with E-state index in [9.17, 15) is 9.90 Å². The molecule has 0 aliphatic carbocycles. The van der Waals surface area contributed by atoms with E-state index in [0.29, 0.717) is 31.0 Å². The van der Waals surface area contributed by atoms with Gasteiger partial charge in [-0.2, -0.15) is 0 Å². The van der Waals surface area contributed by atoms with Crippen LogP contribution >= 0.6 is 0 Å². The number of benzene rings is 1. The van der Waals surface area contributed by atoms with Gasteiger partial charge in [0.2, 0.25) is 5.91 Å². The van der Waals surface area contributed by atoms with Crippen LogP contribution in [0.5, 0.6) is 11.5 Å². The highest BCUT2D eigenvalue weighted by atomic mass is 16.5. The first-order valence-corrected chi connectivity index (χ1v) is 11.8. The lowest BCUT2D eigenvalue weighted by Crippen LogP contribution is -2.36. The summed E-state index contributed by atoms with van der Waals surface area (Å²) < 4.78 is 11.4. The molecule has 1 aromatic rings. The molecule has 0 aromatic heterocycles. The predicted octanol–water partition coefficient (Wildman–Crippen LogP) is 1.03. The largest absolute Gasteiger partial charge is 0.493 e. The van der Waals surface area contributed by atoms with Crippen LogP contribution in [0.4, 0.5) is 0 Å². The van der Waals surface area contributed by atoms with Gasteiger partial charge in [-0.15, -0.1) is 0 Å². The first kappa shape index (κ1) is 30.1. The Morgan fingerprint density at radius 2 is 1.66 bits per heavy atom. The van der Waals surface area contributed by atoms with Crippen molar-refractivity contribution in [1.82, 2.24) is 15.1 Å². The lowest BCUT2D eigenvalue weighted by atomic mass is 10.2. The van der Waals surface area contributed by atoms with E-state index in [1.165, 1.54) is 25.7 Å². The van der Waals surface area contributed by atoms with Crippen molar-refractivity contribution < 1.29 is 39.2 Å². The summed E-state index contributed by atoms with van der Waals surface area (Å²) in [5.74, 6) is 1.44.